The normalized spacial score (nSPS) is 10.2. The predicted octanol–water partition coefficient (Wildman–Crippen LogP) is 3.61. The molecule has 0 radical (unpaired) electrons. The molecule has 7 heteroatoms. The quantitative estimate of drug-likeness (QED) is 0.795. The first-order valence-electron chi connectivity index (χ1n) is 6.20. The number of hydrogen-bond donors (Lipinski definition) is 2. The Morgan fingerprint density at radius 2 is 1.45 bits per heavy atom. The van der Waals surface area contributed by atoms with Crippen LogP contribution in [-0.2, 0) is 9.59 Å². The van der Waals surface area contributed by atoms with Crippen molar-refractivity contribution in [3.8, 4) is 0 Å². The maximum Gasteiger partial charge on any atom is 0.314 e. The van der Waals surface area contributed by atoms with E-state index in [1.165, 1.54) is 0 Å². The molecule has 0 bridgehead atoms. The van der Waals surface area contributed by atoms with Gasteiger partial charge >= 0.3 is 11.8 Å². The van der Waals surface area contributed by atoms with Crippen LogP contribution >= 0.6 is 15.9 Å². The summed E-state index contributed by atoms with van der Waals surface area (Å²) < 4.78 is 26.7. The second-order valence-electron chi connectivity index (χ2n) is 4.50. The smallest absolute Gasteiger partial charge is 0.314 e. The molecule has 4 nitrogen and oxygen atoms in total. The number of halogens is 3. The highest BCUT2D eigenvalue weighted by molar-refractivity contribution is 9.10. The van der Waals surface area contributed by atoms with E-state index in [1.54, 1.807) is 18.2 Å². The molecule has 22 heavy (non-hydrogen) atoms. The van der Waals surface area contributed by atoms with Crippen LogP contribution in [0.5, 0.6) is 0 Å². The average molecular weight is 369 g/mol. The molecule has 0 spiro atoms. The molecular weight excluding hydrogens is 358 g/mol. The number of anilines is 2. The van der Waals surface area contributed by atoms with Crippen LogP contribution in [0, 0.1) is 18.6 Å². The Kier molecular flexibility index (Phi) is 4.87. The Hall–Kier alpha value is -2.28. The molecule has 2 amide bonds. The van der Waals surface area contributed by atoms with Crippen LogP contribution in [-0.4, -0.2) is 11.8 Å². The first-order chi connectivity index (χ1) is 10.4. The summed E-state index contributed by atoms with van der Waals surface area (Å²) in [4.78, 5) is 23.5. The molecule has 2 aromatic carbocycles. The lowest BCUT2D eigenvalue weighted by Crippen LogP contribution is -2.29. The minimum atomic E-state index is -1.11. The Morgan fingerprint density at radius 3 is 2.00 bits per heavy atom. The van der Waals surface area contributed by atoms with Gasteiger partial charge in [-0.3, -0.25) is 9.59 Å². The van der Waals surface area contributed by atoms with Gasteiger partial charge in [0.25, 0.3) is 0 Å². The predicted molar refractivity (Wildman–Crippen MR) is 82.5 cm³/mol. The van der Waals surface area contributed by atoms with Gasteiger partial charge in [-0.05, 0) is 42.8 Å². The van der Waals surface area contributed by atoms with Crippen molar-refractivity contribution >= 4 is 39.1 Å². The maximum absolute atomic E-state index is 13.0. The lowest BCUT2D eigenvalue weighted by molar-refractivity contribution is -0.133. The van der Waals surface area contributed by atoms with E-state index >= 15 is 0 Å². The molecule has 0 fully saturated rings. The van der Waals surface area contributed by atoms with Gasteiger partial charge in [-0.25, -0.2) is 8.78 Å². The molecule has 0 aliphatic carbocycles. The maximum atomic E-state index is 13.0. The molecule has 0 heterocycles. The average Bonchev–Trinajstić information content (AvgIpc) is 2.46. The molecule has 2 aromatic rings. The highest BCUT2D eigenvalue weighted by atomic mass is 79.9. The van der Waals surface area contributed by atoms with Crippen molar-refractivity contribution in [1.29, 1.82) is 0 Å². The number of benzene rings is 2. The summed E-state index contributed by atoms with van der Waals surface area (Å²) in [6.07, 6.45) is 0. The van der Waals surface area contributed by atoms with Crippen molar-refractivity contribution in [3.63, 3.8) is 0 Å². The lowest BCUT2D eigenvalue weighted by atomic mass is 10.2. The van der Waals surface area contributed by atoms with Gasteiger partial charge < -0.3 is 10.6 Å². The first-order valence-corrected chi connectivity index (χ1v) is 6.99. The molecule has 0 unspecified atom stereocenters. The van der Waals surface area contributed by atoms with Crippen LogP contribution in [0.3, 0.4) is 0 Å². The molecule has 0 aliphatic rings. The monoisotopic (exact) mass is 368 g/mol. The number of carbonyl (C=O) groups excluding carboxylic acids is 2. The van der Waals surface area contributed by atoms with E-state index in [9.17, 15) is 18.4 Å². The fraction of sp³-hybridized carbons (Fsp3) is 0.0667. The van der Waals surface area contributed by atoms with Crippen molar-refractivity contribution < 1.29 is 18.4 Å². The first kappa shape index (κ1) is 16.1. The van der Waals surface area contributed by atoms with Gasteiger partial charge in [-0.1, -0.05) is 15.9 Å². The number of carbonyl (C=O) groups is 2. The third-order valence-electron chi connectivity index (χ3n) is 2.80. The minimum absolute atomic E-state index is 0.00830. The molecule has 0 saturated heterocycles. The van der Waals surface area contributed by atoms with Gasteiger partial charge in [-0.15, -0.1) is 0 Å². The van der Waals surface area contributed by atoms with Crippen LogP contribution in [0.4, 0.5) is 20.2 Å². The Labute approximate surface area is 133 Å². The largest absolute Gasteiger partial charge is 0.318 e. The number of nitrogens with one attached hydrogen (secondary N) is 2. The third kappa shape index (κ3) is 3.88. The van der Waals surface area contributed by atoms with Gasteiger partial charge in [0.15, 0.2) is 11.6 Å². The summed E-state index contributed by atoms with van der Waals surface area (Å²) in [5, 5.41) is 4.61. The topological polar surface area (TPSA) is 58.2 Å². The standard InChI is InChI=1S/C15H11BrF2N2O2/c1-8-6-9(2-4-11(8)16)19-14(21)15(22)20-10-3-5-12(17)13(18)7-10/h2-7H,1H3,(H,19,21)(H,20,22). The van der Waals surface area contributed by atoms with Gasteiger partial charge in [0.2, 0.25) is 0 Å². The van der Waals surface area contributed by atoms with Crippen molar-refractivity contribution in [2.75, 3.05) is 10.6 Å². The third-order valence-corrected chi connectivity index (χ3v) is 3.69. The summed E-state index contributed by atoms with van der Waals surface area (Å²) >= 11 is 3.32. The van der Waals surface area contributed by atoms with E-state index in [0.717, 1.165) is 28.2 Å². The van der Waals surface area contributed by atoms with E-state index < -0.39 is 23.4 Å². The molecule has 0 saturated carbocycles. The fourth-order valence-electron chi connectivity index (χ4n) is 1.67. The fourth-order valence-corrected chi connectivity index (χ4v) is 1.92. The van der Waals surface area contributed by atoms with E-state index in [4.69, 9.17) is 0 Å². The van der Waals surface area contributed by atoms with E-state index in [2.05, 4.69) is 26.6 Å². The van der Waals surface area contributed by atoms with Crippen LogP contribution in [0.2, 0.25) is 0 Å². The van der Waals surface area contributed by atoms with Gasteiger partial charge in [-0.2, -0.15) is 0 Å². The van der Waals surface area contributed by atoms with Crippen molar-refractivity contribution in [3.05, 3.63) is 58.1 Å². The van der Waals surface area contributed by atoms with Crippen molar-refractivity contribution in [2.45, 2.75) is 6.92 Å². The zero-order chi connectivity index (χ0) is 16.3. The lowest BCUT2D eigenvalue weighted by Gasteiger charge is -2.08. The van der Waals surface area contributed by atoms with Crippen LogP contribution in [0.1, 0.15) is 5.56 Å². The van der Waals surface area contributed by atoms with Gasteiger partial charge in [0.05, 0.1) is 0 Å². The zero-order valence-electron chi connectivity index (χ0n) is 11.4. The summed E-state index contributed by atoms with van der Waals surface area (Å²) in [7, 11) is 0. The van der Waals surface area contributed by atoms with Crippen molar-refractivity contribution in [1.82, 2.24) is 0 Å². The van der Waals surface area contributed by atoms with E-state index in [0.29, 0.717) is 5.69 Å². The molecule has 2 rings (SSSR count). The summed E-state index contributed by atoms with van der Waals surface area (Å²) in [5.41, 5.74) is 1.33. The second-order valence-corrected chi connectivity index (χ2v) is 5.36. The van der Waals surface area contributed by atoms with E-state index in [-0.39, 0.29) is 5.69 Å². The summed E-state index contributed by atoms with van der Waals surface area (Å²) in [5.74, 6) is -4.03. The highest BCUT2D eigenvalue weighted by Gasteiger charge is 2.15. The number of hydrogen-bond acceptors (Lipinski definition) is 2. The highest BCUT2D eigenvalue weighted by Crippen LogP contribution is 2.20. The SMILES string of the molecule is Cc1cc(NC(=O)C(=O)Nc2ccc(F)c(F)c2)ccc1Br. The molecular formula is C15H11BrF2N2O2. The van der Waals surface area contributed by atoms with Crippen LogP contribution < -0.4 is 10.6 Å². The summed E-state index contributed by atoms with van der Waals surface area (Å²) in [6, 6.07) is 7.86. The van der Waals surface area contributed by atoms with Crippen LogP contribution in [0.25, 0.3) is 0 Å². The summed E-state index contributed by atoms with van der Waals surface area (Å²) in [6.45, 7) is 1.83. The van der Waals surface area contributed by atoms with Crippen molar-refractivity contribution in [2.24, 2.45) is 0 Å². The molecule has 114 valence electrons. The van der Waals surface area contributed by atoms with Gasteiger partial charge in [0.1, 0.15) is 0 Å². The molecule has 2 N–H and O–H groups in total. The second kappa shape index (κ2) is 6.65. The Balaban J connectivity index is 2.04. The zero-order valence-corrected chi connectivity index (χ0v) is 13.0. The van der Waals surface area contributed by atoms with Gasteiger partial charge in [0, 0.05) is 21.9 Å². The number of rotatable bonds is 2. The molecule has 0 aliphatic heterocycles. The number of aryl methyl sites for hydroxylation is 1. The minimum Gasteiger partial charge on any atom is -0.318 e. The molecule has 0 aromatic heterocycles. The number of amides is 2. The Bertz CT molecular complexity index is 687. The van der Waals surface area contributed by atoms with E-state index in [1.807, 2.05) is 6.92 Å². The molecule has 0 atom stereocenters. The van der Waals surface area contributed by atoms with Crippen LogP contribution in [0.15, 0.2) is 40.9 Å². The Morgan fingerprint density at radius 1 is 0.909 bits per heavy atom.